The van der Waals surface area contributed by atoms with Gasteiger partial charge in [-0.25, -0.2) is 0 Å². The van der Waals surface area contributed by atoms with Crippen molar-refractivity contribution in [3.8, 4) is 45.6 Å². The summed E-state index contributed by atoms with van der Waals surface area (Å²) in [4.78, 5) is 0. The molecular weight excluding hydrogens is 721 g/mol. The van der Waals surface area contributed by atoms with Crippen LogP contribution in [0.15, 0.2) is 36.4 Å². The summed E-state index contributed by atoms with van der Waals surface area (Å²) in [6.45, 7) is 17.4. The van der Waals surface area contributed by atoms with Gasteiger partial charge in [-0.15, -0.1) is 0 Å². The van der Waals surface area contributed by atoms with Crippen LogP contribution in [0.1, 0.15) is 196 Å². The number of hydrogen-bond donors (Lipinski definition) is 0. The number of rotatable bonds is 37. The lowest BCUT2D eigenvalue weighted by Gasteiger charge is -2.22. The Labute approximate surface area is 355 Å². The third kappa shape index (κ3) is 18.3. The summed E-state index contributed by atoms with van der Waals surface area (Å²) >= 11 is 0. The van der Waals surface area contributed by atoms with E-state index in [4.69, 9.17) is 28.4 Å². The summed E-state index contributed by atoms with van der Waals surface area (Å²) in [6.07, 6.45) is 27.5. The fourth-order valence-corrected chi connectivity index (χ4v) is 7.28. The molecule has 6 heteroatoms. The van der Waals surface area contributed by atoms with Gasteiger partial charge in [-0.2, -0.15) is 0 Å². The highest BCUT2D eigenvalue weighted by molar-refractivity contribution is 6.03. The normalized spacial score (nSPS) is 11.3. The van der Waals surface area contributed by atoms with E-state index in [0.29, 0.717) is 39.6 Å². The fraction of sp³-hybridized carbons (Fsp3) is 0.692. The van der Waals surface area contributed by atoms with Gasteiger partial charge in [-0.1, -0.05) is 163 Å². The van der Waals surface area contributed by atoms with Crippen molar-refractivity contribution >= 4 is 10.8 Å². The lowest BCUT2D eigenvalue weighted by Crippen LogP contribution is -2.06. The number of unbranched alkanes of at least 4 members (excludes halogenated alkanes) is 18. The smallest absolute Gasteiger partial charge is 0.169 e. The van der Waals surface area contributed by atoms with Gasteiger partial charge in [0, 0.05) is 5.56 Å². The highest BCUT2D eigenvalue weighted by Crippen LogP contribution is 2.49. The highest BCUT2D eigenvalue weighted by atomic mass is 16.5. The Balaban J connectivity index is 2.22. The van der Waals surface area contributed by atoms with Crippen molar-refractivity contribution in [1.29, 1.82) is 0 Å². The predicted molar refractivity (Wildman–Crippen MR) is 247 cm³/mol. The molecule has 0 aliphatic carbocycles. The molecule has 0 N–H and O–H groups in total. The standard InChI is InChI=1S/C52H84O6/c1-7-13-19-25-33-53-46-32-31-43(39-47(46)54-34-26-20-14-8-2)51-45-42-49(56-36-28-22-16-10-4)48(55-35-27-21-15-9-3)40-44(45)41-50(57-37-29-23-17-11-5)52(51)58-38-30-24-18-12-6/h31-32,39-42H,7-30,33-38H2,1-6H3. The second-order valence-corrected chi connectivity index (χ2v) is 16.2. The topological polar surface area (TPSA) is 55.4 Å². The zero-order valence-electron chi connectivity index (χ0n) is 38.1. The van der Waals surface area contributed by atoms with Crippen molar-refractivity contribution in [3.63, 3.8) is 0 Å². The zero-order chi connectivity index (χ0) is 41.5. The number of ether oxygens (including phenoxy) is 6. The van der Waals surface area contributed by atoms with Gasteiger partial charge >= 0.3 is 0 Å². The molecule has 0 spiro atoms. The molecule has 3 aromatic carbocycles. The minimum Gasteiger partial charge on any atom is -0.490 e. The summed E-state index contributed by atoms with van der Waals surface area (Å²) in [5.41, 5.74) is 2.03. The molecule has 3 rings (SSSR count). The summed E-state index contributed by atoms with van der Waals surface area (Å²) < 4.78 is 39.8. The van der Waals surface area contributed by atoms with Crippen LogP contribution in [0.2, 0.25) is 0 Å². The summed E-state index contributed by atoms with van der Waals surface area (Å²) in [5, 5.41) is 2.11. The van der Waals surface area contributed by atoms with E-state index in [2.05, 4.69) is 77.9 Å². The van der Waals surface area contributed by atoms with Gasteiger partial charge in [0.25, 0.3) is 0 Å². The molecule has 328 valence electrons. The van der Waals surface area contributed by atoms with Crippen molar-refractivity contribution in [3.05, 3.63) is 36.4 Å². The van der Waals surface area contributed by atoms with E-state index in [1.54, 1.807) is 0 Å². The van der Waals surface area contributed by atoms with Crippen LogP contribution in [0.5, 0.6) is 34.5 Å². The average Bonchev–Trinajstić information content (AvgIpc) is 3.23. The lowest BCUT2D eigenvalue weighted by atomic mass is 9.95. The second-order valence-electron chi connectivity index (χ2n) is 16.2. The minimum atomic E-state index is 0.629. The van der Waals surface area contributed by atoms with Crippen LogP contribution in [-0.2, 0) is 0 Å². The molecule has 0 aromatic heterocycles. The largest absolute Gasteiger partial charge is 0.490 e. The van der Waals surface area contributed by atoms with Crippen LogP contribution in [0.25, 0.3) is 21.9 Å². The zero-order valence-corrected chi connectivity index (χ0v) is 38.1. The summed E-state index contributed by atoms with van der Waals surface area (Å²) in [6, 6.07) is 13.0. The van der Waals surface area contributed by atoms with Crippen molar-refractivity contribution in [2.45, 2.75) is 196 Å². The molecule has 0 amide bonds. The van der Waals surface area contributed by atoms with Crippen LogP contribution in [-0.4, -0.2) is 39.6 Å². The van der Waals surface area contributed by atoms with Crippen molar-refractivity contribution in [1.82, 2.24) is 0 Å². The molecule has 0 aliphatic rings. The summed E-state index contributed by atoms with van der Waals surface area (Å²) in [5.74, 6) is 4.77. The SMILES string of the molecule is CCCCCCOc1ccc(-c2c(OCCCCCC)c(OCCCCCC)cc3cc(OCCCCCC)c(OCCCCCC)cc23)cc1OCCCCCC. The molecule has 6 nitrogen and oxygen atoms in total. The quantitative estimate of drug-likeness (QED) is 0.0541. The van der Waals surface area contributed by atoms with Gasteiger partial charge in [0.05, 0.1) is 39.6 Å². The van der Waals surface area contributed by atoms with Crippen LogP contribution >= 0.6 is 0 Å². The Morgan fingerprint density at radius 2 is 0.655 bits per heavy atom. The Morgan fingerprint density at radius 3 is 1.09 bits per heavy atom. The number of fused-ring (bicyclic) bond motifs is 1. The van der Waals surface area contributed by atoms with E-state index < -0.39 is 0 Å². The number of hydrogen-bond acceptors (Lipinski definition) is 6. The Kier molecular flexibility index (Phi) is 26.8. The van der Waals surface area contributed by atoms with E-state index in [1.807, 2.05) is 0 Å². The maximum Gasteiger partial charge on any atom is 0.169 e. The Morgan fingerprint density at radius 1 is 0.310 bits per heavy atom. The fourth-order valence-electron chi connectivity index (χ4n) is 7.28. The Hall–Kier alpha value is -3.28. The van der Waals surface area contributed by atoms with E-state index in [-0.39, 0.29) is 0 Å². The van der Waals surface area contributed by atoms with Crippen LogP contribution < -0.4 is 28.4 Å². The Bertz CT molecular complexity index is 1480. The van der Waals surface area contributed by atoms with E-state index >= 15 is 0 Å². The highest BCUT2D eigenvalue weighted by Gasteiger charge is 2.23. The number of benzene rings is 3. The van der Waals surface area contributed by atoms with Gasteiger partial charge in [-0.3, -0.25) is 0 Å². The lowest BCUT2D eigenvalue weighted by molar-refractivity contribution is 0.258. The first kappa shape index (κ1) is 49.1. The molecule has 0 radical (unpaired) electrons. The molecule has 0 saturated carbocycles. The molecule has 0 heterocycles. The first-order chi connectivity index (χ1) is 28.6. The average molecular weight is 805 g/mol. The van der Waals surface area contributed by atoms with Gasteiger partial charge in [0.15, 0.2) is 34.5 Å². The van der Waals surface area contributed by atoms with E-state index in [9.17, 15) is 0 Å². The maximum atomic E-state index is 6.88. The van der Waals surface area contributed by atoms with Crippen molar-refractivity contribution < 1.29 is 28.4 Å². The molecule has 0 bridgehead atoms. The maximum absolute atomic E-state index is 6.88. The third-order valence-corrected chi connectivity index (χ3v) is 10.9. The molecule has 0 unspecified atom stereocenters. The second kappa shape index (κ2) is 31.6. The molecular formula is C52H84O6. The molecule has 58 heavy (non-hydrogen) atoms. The molecule has 0 saturated heterocycles. The van der Waals surface area contributed by atoms with Crippen LogP contribution in [0, 0.1) is 0 Å². The van der Waals surface area contributed by atoms with E-state index in [0.717, 1.165) is 127 Å². The molecule has 0 aliphatic heterocycles. The molecule has 3 aromatic rings. The predicted octanol–water partition coefficient (Wildman–Crippen LogP) is 16.3. The molecule has 0 atom stereocenters. The van der Waals surface area contributed by atoms with Crippen molar-refractivity contribution in [2.75, 3.05) is 39.6 Å². The summed E-state index contributed by atoms with van der Waals surface area (Å²) in [7, 11) is 0. The van der Waals surface area contributed by atoms with E-state index in [1.165, 1.54) is 83.5 Å². The van der Waals surface area contributed by atoms with Crippen LogP contribution in [0.3, 0.4) is 0 Å². The molecule has 0 fully saturated rings. The monoisotopic (exact) mass is 805 g/mol. The van der Waals surface area contributed by atoms with Gasteiger partial charge in [-0.05, 0) is 85.2 Å². The minimum absolute atomic E-state index is 0.629. The van der Waals surface area contributed by atoms with Gasteiger partial charge in [0.1, 0.15) is 0 Å². The van der Waals surface area contributed by atoms with Gasteiger partial charge in [0.2, 0.25) is 0 Å². The first-order valence-corrected chi connectivity index (χ1v) is 24.2. The third-order valence-electron chi connectivity index (χ3n) is 10.9. The van der Waals surface area contributed by atoms with Crippen molar-refractivity contribution in [2.24, 2.45) is 0 Å². The van der Waals surface area contributed by atoms with Crippen LogP contribution in [0.4, 0.5) is 0 Å². The van der Waals surface area contributed by atoms with Gasteiger partial charge < -0.3 is 28.4 Å². The first-order valence-electron chi connectivity index (χ1n) is 24.2.